The number of hydrogen-bond acceptors (Lipinski definition) is 4. The van der Waals surface area contributed by atoms with Crippen LogP contribution in [-0.2, 0) is 17.9 Å². The van der Waals surface area contributed by atoms with Crippen LogP contribution >= 0.6 is 24.0 Å². The van der Waals surface area contributed by atoms with E-state index in [2.05, 4.69) is 32.7 Å². The fraction of sp³-hybridized carbons (Fsp3) is 0.733. The highest BCUT2D eigenvalue weighted by Crippen LogP contribution is 2.09. The first-order valence-electron chi connectivity index (χ1n) is 8.41. The average molecular weight is 449 g/mol. The van der Waals surface area contributed by atoms with Gasteiger partial charge in [-0.2, -0.15) is 0 Å². The number of guanidine groups is 1. The molecule has 2 N–H and O–H groups in total. The molecule has 1 fully saturated rings. The van der Waals surface area contributed by atoms with Crippen molar-refractivity contribution in [3.63, 3.8) is 0 Å². The molecule has 1 saturated heterocycles. The van der Waals surface area contributed by atoms with E-state index in [-0.39, 0.29) is 29.9 Å². The summed E-state index contributed by atoms with van der Waals surface area (Å²) in [4.78, 5) is 18.0. The molecule has 0 unspecified atom stereocenters. The van der Waals surface area contributed by atoms with Crippen LogP contribution in [0.25, 0.3) is 0 Å². The van der Waals surface area contributed by atoms with Crippen LogP contribution in [0.1, 0.15) is 38.9 Å². The molecule has 0 spiro atoms. The molecule has 2 rings (SSSR count). The maximum Gasteiger partial charge on any atom is 0.222 e. The lowest BCUT2D eigenvalue weighted by Gasteiger charge is -2.16. The number of aryl methyl sites for hydroxylation is 1. The predicted molar refractivity (Wildman–Crippen MR) is 104 cm³/mol. The molecular formula is C15H28IN7O. The van der Waals surface area contributed by atoms with Gasteiger partial charge in [0.25, 0.3) is 0 Å². The molecular weight excluding hydrogens is 421 g/mol. The third kappa shape index (κ3) is 6.25. The van der Waals surface area contributed by atoms with Crippen molar-refractivity contribution in [2.24, 2.45) is 4.99 Å². The molecule has 24 heavy (non-hydrogen) atoms. The lowest BCUT2D eigenvalue weighted by Crippen LogP contribution is -2.39. The Morgan fingerprint density at radius 3 is 2.88 bits per heavy atom. The van der Waals surface area contributed by atoms with Crippen LogP contribution in [0.4, 0.5) is 0 Å². The largest absolute Gasteiger partial charge is 0.357 e. The SMILES string of the molecule is CCNC(=NCc1nncn1CC)NCCCN1CCCC1=O.I. The highest BCUT2D eigenvalue weighted by Gasteiger charge is 2.18. The zero-order valence-corrected chi connectivity index (χ0v) is 16.8. The monoisotopic (exact) mass is 449 g/mol. The van der Waals surface area contributed by atoms with Crippen LogP contribution in [0.15, 0.2) is 11.3 Å². The van der Waals surface area contributed by atoms with Crippen LogP contribution in [0.3, 0.4) is 0 Å². The molecule has 1 aliphatic heterocycles. The number of aliphatic imine (C=N–C) groups is 1. The minimum Gasteiger partial charge on any atom is -0.357 e. The number of hydrogen-bond donors (Lipinski definition) is 2. The molecule has 1 aromatic rings. The van der Waals surface area contributed by atoms with E-state index in [1.807, 2.05) is 16.4 Å². The van der Waals surface area contributed by atoms with E-state index in [0.717, 1.165) is 57.3 Å². The topological polar surface area (TPSA) is 87.4 Å². The molecule has 136 valence electrons. The van der Waals surface area contributed by atoms with Crippen molar-refractivity contribution in [2.75, 3.05) is 26.2 Å². The Balaban J connectivity index is 0.00000288. The number of carbonyl (C=O) groups excluding carboxylic acids is 1. The Morgan fingerprint density at radius 1 is 1.38 bits per heavy atom. The Morgan fingerprint density at radius 2 is 2.21 bits per heavy atom. The van der Waals surface area contributed by atoms with E-state index in [1.54, 1.807) is 6.33 Å². The summed E-state index contributed by atoms with van der Waals surface area (Å²) in [7, 11) is 0. The maximum absolute atomic E-state index is 11.6. The van der Waals surface area contributed by atoms with E-state index < -0.39 is 0 Å². The Kier molecular flexibility index (Phi) is 9.65. The van der Waals surface area contributed by atoms with Gasteiger partial charge in [-0.05, 0) is 26.7 Å². The maximum atomic E-state index is 11.6. The molecule has 0 saturated carbocycles. The first kappa shape index (κ1) is 20.7. The summed E-state index contributed by atoms with van der Waals surface area (Å²) in [6.07, 6.45) is 4.34. The van der Waals surface area contributed by atoms with Crippen molar-refractivity contribution < 1.29 is 4.79 Å². The second-order valence-corrected chi connectivity index (χ2v) is 5.49. The number of rotatable bonds is 8. The second kappa shape index (κ2) is 11.2. The summed E-state index contributed by atoms with van der Waals surface area (Å²) in [5.41, 5.74) is 0. The van der Waals surface area contributed by atoms with Crippen molar-refractivity contribution in [3.05, 3.63) is 12.2 Å². The minimum absolute atomic E-state index is 0. The fourth-order valence-electron chi connectivity index (χ4n) is 2.57. The van der Waals surface area contributed by atoms with Gasteiger partial charge in [-0.15, -0.1) is 34.2 Å². The van der Waals surface area contributed by atoms with Crippen molar-refractivity contribution in [1.82, 2.24) is 30.3 Å². The first-order chi connectivity index (χ1) is 11.2. The van der Waals surface area contributed by atoms with Gasteiger partial charge < -0.3 is 20.1 Å². The molecule has 9 heteroatoms. The Bertz CT molecular complexity index is 532. The van der Waals surface area contributed by atoms with Gasteiger partial charge in [-0.25, -0.2) is 4.99 Å². The summed E-state index contributed by atoms with van der Waals surface area (Å²) < 4.78 is 1.98. The Hall–Kier alpha value is -1.39. The number of carbonyl (C=O) groups is 1. The molecule has 1 amide bonds. The van der Waals surface area contributed by atoms with E-state index in [4.69, 9.17) is 0 Å². The number of nitrogens with zero attached hydrogens (tertiary/aromatic N) is 5. The zero-order chi connectivity index (χ0) is 16.5. The summed E-state index contributed by atoms with van der Waals surface area (Å²) in [5.74, 6) is 1.91. The summed E-state index contributed by atoms with van der Waals surface area (Å²) in [5, 5.41) is 14.5. The molecule has 1 aliphatic rings. The number of halogens is 1. The molecule has 0 bridgehead atoms. The fourth-order valence-corrected chi connectivity index (χ4v) is 2.57. The van der Waals surface area contributed by atoms with Gasteiger partial charge in [0.15, 0.2) is 11.8 Å². The smallest absolute Gasteiger partial charge is 0.222 e. The predicted octanol–water partition coefficient (Wildman–Crippen LogP) is 0.984. The average Bonchev–Trinajstić information content (AvgIpc) is 3.17. The van der Waals surface area contributed by atoms with Crippen molar-refractivity contribution in [1.29, 1.82) is 0 Å². The van der Waals surface area contributed by atoms with Crippen molar-refractivity contribution in [3.8, 4) is 0 Å². The standard InChI is InChI=1S/C15H27N7O.HI/c1-3-16-15(18-11-13-20-19-12-21(13)4-2)17-8-6-10-22-9-5-7-14(22)23;/h12H,3-11H2,1-2H3,(H2,16,17,18);1H. The molecule has 8 nitrogen and oxygen atoms in total. The molecule has 0 radical (unpaired) electrons. The normalized spacial score (nSPS) is 14.7. The van der Waals surface area contributed by atoms with Gasteiger partial charge in [-0.1, -0.05) is 0 Å². The van der Waals surface area contributed by atoms with Gasteiger partial charge in [-0.3, -0.25) is 4.79 Å². The third-order valence-electron chi connectivity index (χ3n) is 3.83. The van der Waals surface area contributed by atoms with Crippen molar-refractivity contribution >= 4 is 35.8 Å². The van der Waals surface area contributed by atoms with Gasteiger partial charge in [0.1, 0.15) is 12.9 Å². The number of nitrogens with one attached hydrogen (secondary N) is 2. The van der Waals surface area contributed by atoms with Gasteiger partial charge in [0, 0.05) is 39.1 Å². The second-order valence-electron chi connectivity index (χ2n) is 5.49. The van der Waals surface area contributed by atoms with E-state index >= 15 is 0 Å². The highest BCUT2D eigenvalue weighted by atomic mass is 127. The summed E-state index contributed by atoms with van der Waals surface area (Å²) in [6.45, 7) is 8.73. The van der Waals surface area contributed by atoms with Gasteiger partial charge in [0.05, 0.1) is 0 Å². The first-order valence-corrected chi connectivity index (χ1v) is 8.41. The number of amides is 1. The van der Waals surface area contributed by atoms with E-state index in [0.29, 0.717) is 13.0 Å². The quantitative estimate of drug-likeness (QED) is 0.268. The lowest BCUT2D eigenvalue weighted by atomic mass is 10.4. The molecule has 0 atom stereocenters. The lowest BCUT2D eigenvalue weighted by molar-refractivity contribution is -0.127. The third-order valence-corrected chi connectivity index (χ3v) is 3.83. The van der Waals surface area contributed by atoms with Crippen LogP contribution in [0.5, 0.6) is 0 Å². The Labute approximate surface area is 160 Å². The molecule has 0 aromatic carbocycles. The van der Waals surface area contributed by atoms with Gasteiger partial charge in [0.2, 0.25) is 5.91 Å². The van der Waals surface area contributed by atoms with Gasteiger partial charge >= 0.3 is 0 Å². The van der Waals surface area contributed by atoms with Crippen LogP contribution in [0, 0.1) is 0 Å². The van der Waals surface area contributed by atoms with Crippen LogP contribution in [-0.4, -0.2) is 57.7 Å². The van der Waals surface area contributed by atoms with Crippen LogP contribution < -0.4 is 10.6 Å². The zero-order valence-electron chi connectivity index (χ0n) is 14.5. The van der Waals surface area contributed by atoms with Crippen LogP contribution in [0.2, 0.25) is 0 Å². The molecule has 2 heterocycles. The number of likely N-dealkylation sites (tertiary alicyclic amines) is 1. The summed E-state index contributed by atoms with van der Waals surface area (Å²) >= 11 is 0. The van der Waals surface area contributed by atoms with E-state index in [9.17, 15) is 4.79 Å². The molecule has 0 aliphatic carbocycles. The summed E-state index contributed by atoms with van der Waals surface area (Å²) in [6, 6.07) is 0. The van der Waals surface area contributed by atoms with E-state index in [1.165, 1.54) is 0 Å². The van der Waals surface area contributed by atoms with Crippen molar-refractivity contribution in [2.45, 2.75) is 46.2 Å². The minimum atomic E-state index is 0. The highest BCUT2D eigenvalue weighted by molar-refractivity contribution is 14.0. The molecule has 1 aromatic heterocycles. The number of aromatic nitrogens is 3.